The number of hydrogen-bond donors (Lipinski definition) is 3. The van der Waals surface area contributed by atoms with Crippen LogP contribution in [-0.4, -0.2) is 17.5 Å². The smallest absolute Gasteiger partial charge is 0.237 e. The van der Waals surface area contributed by atoms with Crippen molar-refractivity contribution in [1.29, 1.82) is 0 Å². The van der Waals surface area contributed by atoms with Crippen molar-refractivity contribution in [3.63, 3.8) is 0 Å². The fraction of sp³-hybridized carbons (Fsp3) is 0.471. The number of hydrazine groups is 1. The molecule has 1 atom stereocenters. The summed E-state index contributed by atoms with van der Waals surface area (Å²) in [4.78, 5) is 15.4. The van der Waals surface area contributed by atoms with E-state index in [1.807, 2.05) is 6.92 Å². The van der Waals surface area contributed by atoms with Gasteiger partial charge in [0.05, 0.1) is 18.7 Å². The minimum atomic E-state index is -0.610. The predicted molar refractivity (Wildman–Crippen MR) is 86.2 cm³/mol. The van der Waals surface area contributed by atoms with Gasteiger partial charge in [0.25, 0.3) is 0 Å². The van der Waals surface area contributed by atoms with Crippen molar-refractivity contribution in [1.82, 2.24) is 10.4 Å². The topological polar surface area (TPSA) is 80.1 Å². The van der Waals surface area contributed by atoms with E-state index in [0.717, 1.165) is 25.0 Å². The average molecular weight is 301 g/mol. The van der Waals surface area contributed by atoms with Crippen molar-refractivity contribution in [3.8, 4) is 0 Å². The van der Waals surface area contributed by atoms with E-state index >= 15 is 0 Å². The number of ether oxygens (including phenoxy) is 1. The highest BCUT2D eigenvalue weighted by atomic mass is 16.5. The third-order valence-corrected chi connectivity index (χ3v) is 4.77. The minimum Gasteiger partial charge on any atom is -0.368 e. The summed E-state index contributed by atoms with van der Waals surface area (Å²) in [5.41, 5.74) is 6.40. The molecular weight excluding hydrogens is 278 g/mol. The molecule has 2 heterocycles. The molecule has 3 rings (SSSR count). The molecule has 1 aliphatic rings. The van der Waals surface area contributed by atoms with Crippen molar-refractivity contribution in [2.75, 3.05) is 6.61 Å². The van der Waals surface area contributed by atoms with Gasteiger partial charge in [0.2, 0.25) is 5.91 Å². The summed E-state index contributed by atoms with van der Waals surface area (Å²) in [6.45, 7) is 4.83. The zero-order valence-electron chi connectivity index (χ0n) is 13.2. The van der Waals surface area contributed by atoms with Gasteiger partial charge in [-0.3, -0.25) is 10.2 Å². The van der Waals surface area contributed by atoms with E-state index in [-0.39, 0.29) is 12.3 Å². The number of H-pyrrole nitrogens is 1. The molecule has 1 unspecified atom stereocenters. The first-order valence-corrected chi connectivity index (χ1v) is 7.91. The molecule has 118 valence electrons. The van der Waals surface area contributed by atoms with Crippen LogP contribution >= 0.6 is 0 Å². The molecule has 5 nitrogen and oxygen atoms in total. The van der Waals surface area contributed by atoms with Crippen molar-refractivity contribution in [2.45, 2.75) is 45.1 Å². The summed E-state index contributed by atoms with van der Waals surface area (Å²) in [6.07, 6.45) is 2.80. The molecule has 2 aromatic rings. The van der Waals surface area contributed by atoms with Crippen LogP contribution in [0.15, 0.2) is 18.2 Å². The van der Waals surface area contributed by atoms with Gasteiger partial charge in [0.15, 0.2) is 0 Å². The third-order valence-electron chi connectivity index (χ3n) is 4.77. The maximum Gasteiger partial charge on any atom is 0.237 e. The van der Waals surface area contributed by atoms with E-state index < -0.39 is 5.60 Å². The number of benzene rings is 1. The van der Waals surface area contributed by atoms with Crippen LogP contribution in [0, 0.1) is 0 Å². The zero-order valence-corrected chi connectivity index (χ0v) is 13.2. The van der Waals surface area contributed by atoms with Gasteiger partial charge in [-0.15, -0.1) is 0 Å². The van der Waals surface area contributed by atoms with Gasteiger partial charge in [-0.25, -0.2) is 5.84 Å². The summed E-state index contributed by atoms with van der Waals surface area (Å²) in [5.74, 6) is 5.07. The molecule has 0 spiro atoms. The minimum absolute atomic E-state index is 0.205. The van der Waals surface area contributed by atoms with Gasteiger partial charge in [-0.2, -0.15) is 0 Å². The summed E-state index contributed by atoms with van der Waals surface area (Å²) >= 11 is 0. The Kier molecular flexibility index (Phi) is 3.93. The summed E-state index contributed by atoms with van der Waals surface area (Å²) in [6, 6.07) is 6.40. The number of aromatic nitrogens is 1. The molecule has 5 heteroatoms. The molecule has 0 radical (unpaired) electrons. The molecule has 1 aromatic carbocycles. The quantitative estimate of drug-likeness (QED) is 0.460. The van der Waals surface area contributed by atoms with Crippen molar-refractivity contribution >= 4 is 16.8 Å². The highest BCUT2D eigenvalue weighted by Crippen LogP contribution is 2.42. The molecule has 0 saturated heterocycles. The van der Waals surface area contributed by atoms with E-state index in [4.69, 9.17) is 10.6 Å². The Balaban J connectivity index is 2.18. The van der Waals surface area contributed by atoms with Crippen LogP contribution in [-0.2, 0) is 28.0 Å². The third kappa shape index (κ3) is 2.21. The standard InChI is InChI=1S/C17H23N3O2/c1-3-11-6-5-7-12-13-8-9-22-17(4-2,10-14(21)20-18)16(13)19-15(11)12/h5-7,19H,3-4,8-10,18H2,1-2H3,(H,20,21). The van der Waals surface area contributed by atoms with Gasteiger partial charge < -0.3 is 9.72 Å². The normalized spacial score (nSPS) is 20.9. The van der Waals surface area contributed by atoms with Crippen LogP contribution in [0.5, 0.6) is 0 Å². The summed E-state index contributed by atoms with van der Waals surface area (Å²) < 4.78 is 6.07. The number of para-hydroxylation sites is 1. The van der Waals surface area contributed by atoms with Crippen LogP contribution in [0.25, 0.3) is 10.9 Å². The Morgan fingerprint density at radius 2 is 2.27 bits per heavy atom. The maximum absolute atomic E-state index is 11.9. The lowest BCUT2D eigenvalue weighted by atomic mass is 9.86. The summed E-state index contributed by atoms with van der Waals surface area (Å²) in [5, 5.41) is 1.25. The molecule has 1 amide bonds. The van der Waals surface area contributed by atoms with Crippen molar-refractivity contribution < 1.29 is 9.53 Å². The van der Waals surface area contributed by atoms with Gasteiger partial charge in [0.1, 0.15) is 5.60 Å². The van der Waals surface area contributed by atoms with Crippen LogP contribution in [0.2, 0.25) is 0 Å². The number of nitrogens with one attached hydrogen (secondary N) is 2. The molecule has 22 heavy (non-hydrogen) atoms. The fourth-order valence-electron chi connectivity index (χ4n) is 3.55. The Morgan fingerprint density at radius 3 is 2.95 bits per heavy atom. The Hall–Kier alpha value is -1.85. The van der Waals surface area contributed by atoms with E-state index in [1.54, 1.807) is 0 Å². The molecule has 0 bridgehead atoms. The molecule has 1 aromatic heterocycles. The number of fused-ring (bicyclic) bond motifs is 3. The zero-order chi connectivity index (χ0) is 15.7. The molecular formula is C17H23N3O2. The second kappa shape index (κ2) is 5.74. The average Bonchev–Trinajstić information content (AvgIpc) is 2.94. The number of carbonyl (C=O) groups is 1. The van der Waals surface area contributed by atoms with Crippen molar-refractivity contribution in [2.24, 2.45) is 5.84 Å². The van der Waals surface area contributed by atoms with Gasteiger partial charge in [0, 0.05) is 10.9 Å². The first-order chi connectivity index (χ1) is 10.6. The lowest BCUT2D eigenvalue weighted by Crippen LogP contribution is -2.42. The van der Waals surface area contributed by atoms with E-state index in [9.17, 15) is 4.79 Å². The second-order valence-corrected chi connectivity index (χ2v) is 5.86. The largest absolute Gasteiger partial charge is 0.368 e. The van der Waals surface area contributed by atoms with E-state index in [0.29, 0.717) is 6.61 Å². The SMILES string of the molecule is CCc1cccc2c3c([nH]c12)C(CC)(CC(=O)NN)OCC3. The van der Waals surface area contributed by atoms with Crippen molar-refractivity contribution in [3.05, 3.63) is 35.0 Å². The highest BCUT2D eigenvalue weighted by Gasteiger charge is 2.40. The van der Waals surface area contributed by atoms with Gasteiger partial charge in [-0.05, 0) is 30.4 Å². The Bertz CT molecular complexity index is 707. The lowest BCUT2D eigenvalue weighted by Gasteiger charge is -2.36. The fourth-order valence-corrected chi connectivity index (χ4v) is 3.55. The van der Waals surface area contributed by atoms with E-state index in [2.05, 4.69) is 35.5 Å². The predicted octanol–water partition coefficient (Wildman–Crippen LogP) is 2.29. The molecule has 4 N–H and O–H groups in total. The highest BCUT2D eigenvalue weighted by molar-refractivity contribution is 5.88. The second-order valence-electron chi connectivity index (χ2n) is 5.86. The number of hydrogen-bond acceptors (Lipinski definition) is 3. The number of carbonyl (C=O) groups excluding carboxylic acids is 1. The number of aryl methyl sites for hydroxylation is 1. The number of nitrogens with two attached hydrogens (primary N) is 1. The van der Waals surface area contributed by atoms with Crippen LogP contribution in [0.4, 0.5) is 0 Å². The van der Waals surface area contributed by atoms with Crippen LogP contribution < -0.4 is 11.3 Å². The summed E-state index contributed by atoms with van der Waals surface area (Å²) in [7, 11) is 0. The molecule has 0 fully saturated rings. The van der Waals surface area contributed by atoms with Gasteiger partial charge in [-0.1, -0.05) is 32.0 Å². The maximum atomic E-state index is 11.9. The molecule has 0 aliphatic carbocycles. The number of rotatable bonds is 4. The molecule has 0 saturated carbocycles. The number of amides is 1. The van der Waals surface area contributed by atoms with E-state index in [1.165, 1.54) is 22.0 Å². The number of aromatic amines is 1. The molecule has 1 aliphatic heterocycles. The monoisotopic (exact) mass is 301 g/mol. The Morgan fingerprint density at radius 1 is 1.45 bits per heavy atom. The van der Waals surface area contributed by atoms with Gasteiger partial charge >= 0.3 is 0 Å². The lowest BCUT2D eigenvalue weighted by molar-refractivity contribution is -0.133. The first-order valence-electron chi connectivity index (χ1n) is 7.91. The first kappa shape index (κ1) is 15.1. The van der Waals surface area contributed by atoms with Crippen LogP contribution in [0.3, 0.4) is 0 Å². The van der Waals surface area contributed by atoms with Crippen LogP contribution in [0.1, 0.15) is 43.5 Å². The Labute approximate surface area is 130 Å².